The van der Waals surface area contributed by atoms with Crippen LogP contribution in [0.5, 0.6) is 5.88 Å². The van der Waals surface area contributed by atoms with Gasteiger partial charge >= 0.3 is 5.69 Å². The average Bonchev–Trinajstić information content (AvgIpc) is 3.23. The Kier molecular flexibility index (Phi) is 7.72. The van der Waals surface area contributed by atoms with Crippen LogP contribution in [-0.4, -0.2) is 61.1 Å². The van der Waals surface area contributed by atoms with E-state index in [1.807, 2.05) is 34.9 Å². The van der Waals surface area contributed by atoms with Gasteiger partial charge in [0.2, 0.25) is 11.8 Å². The number of halogens is 1. The van der Waals surface area contributed by atoms with Crippen LogP contribution in [0, 0.1) is 12.8 Å². The quantitative estimate of drug-likeness (QED) is 0.347. The summed E-state index contributed by atoms with van der Waals surface area (Å²) >= 11 is 6.05. The molecule has 10 nitrogen and oxygen atoms in total. The van der Waals surface area contributed by atoms with Crippen LogP contribution in [0.2, 0.25) is 5.02 Å². The number of carbonyl (C=O) groups excluding carboxylic acids is 2. The van der Waals surface area contributed by atoms with Crippen molar-refractivity contribution in [2.45, 2.75) is 58.2 Å². The molecule has 1 saturated heterocycles. The van der Waals surface area contributed by atoms with Gasteiger partial charge in [-0.1, -0.05) is 23.7 Å². The summed E-state index contributed by atoms with van der Waals surface area (Å²) in [6.07, 6.45) is 6.61. The van der Waals surface area contributed by atoms with E-state index in [-0.39, 0.29) is 29.6 Å². The van der Waals surface area contributed by atoms with Crippen molar-refractivity contribution in [1.82, 2.24) is 29.3 Å². The highest BCUT2D eigenvalue weighted by molar-refractivity contribution is 6.30. The summed E-state index contributed by atoms with van der Waals surface area (Å²) in [7, 11) is 0. The topological polar surface area (TPSA) is 111 Å². The van der Waals surface area contributed by atoms with Crippen molar-refractivity contribution in [3.8, 4) is 11.6 Å². The number of pyridine rings is 2. The number of likely N-dealkylation sites (tertiary alicyclic amines) is 1. The third-order valence-corrected chi connectivity index (χ3v) is 8.52. The molecule has 2 fully saturated rings. The molecule has 0 radical (unpaired) electrons. The number of imidazole rings is 1. The molecule has 0 spiro atoms. The number of fused-ring (bicyclic) bond motifs is 1. The number of amides is 2. The summed E-state index contributed by atoms with van der Waals surface area (Å²) in [4.78, 5) is 48.4. The zero-order chi connectivity index (χ0) is 29.4. The minimum Gasteiger partial charge on any atom is -0.471 e. The van der Waals surface area contributed by atoms with Gasteiger partial charge in [-0.2, -0.15) is 0 Å². The second kappa shape index (κ2) is 11.6. The third kappa shape index (κ3) is 5.63. The monoisotopic (exact) mass is 588 g/mol. The number of benzene rings is 1. The van der Waals surface area contributed by atoms with E-state index < -0.39 is 0 Å². The molecule has 0 bridgehead atoms. The van der Waals surface area contributed by atoms with Crippen molar-refractivity contribution in [1.29, 1.82) is 0 Å². The molecule has 1 aliphatic carbocycles. The number of carbonyl (C=O) groups is 2. The summed E-state index contributed by atoms with van der Waals surface area (Å²) in [6, 6.07) is 13.1. The largest absolute Gasteiger partial charge is 0.471 e. The van der Waals surface area contributed by atoms with Gasteiger partial charge in [0.25, 0.3) is 5.91 Å². The fourth-order valence-corrected chi connectivity index (χ4v) is 6.06. The highest BCUT2D eigenvalue weighted by Gasteiger charge is 2.30. The van der Waals surface area contributed by atoms with E-state index in [4.69, 9.17) is 16.3 Å². The summed E-state index contributed by atoms with van der Waals surface area (Å²) in [5.74, 6) is 0.668. The first-order valence-corrected chi connectivity index (χ1v) is 14.7. The van der Waals surface area contributed by atoms with Gasteiger partial charge in [0.1, 0.15) is 6.10 Å². The minimum atomic E-state index is -0.152. The number of ether oxygens (including phenoxy) is 1. The van der Waals surface area contributed by atoms with Crippen LogP contribution in [0.15, 0.2) is 59.7 Å². The smallest absolute Gasteiger partial charge is 0.333 e. The molecule has 4 heterocycles. The maximum atomic E-state index is 13.8. The maximum Gasteiger partial charge on any atom is 0.333 e. The van der Waals surface area contributed by atoms with Crippen LogP contribution in [0.4, 0.5) is 0 Å². The number of aromatic nitrogens is 4. The number of nitrogens with one attached hydrogen (secondary N) is 1. The Morgan fingerprint density at radius 3 is 2.45 bits per heavy atom. The molecule has 1 aromatic carbocycles. The van der Waals surface area contributed by atoms with E-state index in [1.54, 1.807) is 47.8 Å². The zero-order valence-electron chi connectivity index (χ0n) is 23.6. The van der Waals surface area contributed by atoms with Gasteiger partial charge in [-0.3, -0.25) is 23.7 Å². The number of nitrogens with zero attached hydrogens (tertiary/aromatic N) is 5. The average molecular weight is 589 g/mol. The van der Waals surface area contributed by atoms with Gasteiger partial charge in [0.15, 0.2) is 0 Å². The zero-order valence-corrected chi connectivity index (χ0v) is 24.4. The fourth-order valence-electron chi connectivity index (χ4n) is 5.90. The summed E-state index contributed by atoms with van der Waals surface area (Å²) in [5, 5.41) is 3.58. The number of hydrogen-bond acceptors (Lipinski definition) is 6. The van der Waals surface area contributed by atoms with Gasteiger partial charge in [0, 0.05) is 31.8 Å². The Bertz CT molecular complexity index is 1680. The summed E-state index contributed by atoms with van der Waals surface area (Å²) in [5.41, 5.74) is 3.40. The number of aryl methyl sites for hydroxylation is 1. The normalized spacial score (nSPS) is 19.0. The van der Waals surface area contributed by atoms with E-state index in [2.05, 4.69) is 15.3 Å². The molecule has 6 rings (SSSR count). The van der Waals surface area contributed by atoms with Crippen molar-refractivity contribution in [2.24, 2.45) is 5.92 Å². The van der Waals surface area contributed by atoms with E-state index in [9.17, 15) is 14.4 Å². The first kappa shape index (κ1) is 28.0. The second-order valence-corrected chi connectivity index (χ2v) is 11.6. The van der Waals surface area contributed by atoms with Crippen molar-refractivity contribution >= 4 is 34.4 Å². The molecule has 1 saturated carbocycles. The van der Waals surface area contributed by atoms with Crippen LogP contribution >= 0.6 is 11.6 Å². The van der Waals surface area contributed by atoms with E-state index >= 15 is 0 Å². The van der Waals surface area contributed by atoms with Crippen molar-refractivity contribution in [3.63, 3.8) is 0 Å². The Hall–Kier alpha value is -4.18. The number of rotatable bonds is 7. The lowest BCUT2D eigenvalue weighted by Gasteiger charge is -2.37. The highest BCUT2D eigenvalue weighted by Crippen LogP contribution is 2.28. The number of para-hydroxylation sites is 2. The molecule has 218 valence electrons. The molecule has 0 unspecified atom stereocenters. The first-order valence-electron chi connectivity index (χ1n) is 14.3. The predicted octanol–water partition coefficient (Wildman–Crippen LogP) is 4.14. The lowest BCUT2D eigenvalue weighted by atomic mass is 9.85. The molecular formula is C31H33ClN6O4. The summed E-state index contributed by atoms with van der Waals surface area (Å²) in [6.45, 7) is 5.06. The molecule has 11 heteroatoms. The van der Waals surface area contributed by atoms with Crippen molar-refractivity contribution in [2.75, 3.05) is 13.1 Å². The Morgan fingerprint density at radius 1 is 1.02 bits per heavy atom. The number of hydrogen-bond donors (Lipinski definition) is 1. The lowest BCUT2D eigenvalue weighted by molar-refractivity contribution is -0.137. The third-order valence-electron chi connectivity index (χ3n) is 8.32. The van der Waals surface area contributed by atoms with E-state index in [0.29, 0.717) is 53.4 Å². The molecule has 2 amide bonds. The van der Waals surface area contributed by atoms with E-state index in [0.717, 1.165) is 36.7 Å². The van der Waals surface area contributed by atoms with Crippen LogP contribution < -0.4 is 15.7 Å². The first-order chi connectivity index (χ1) is 20.3. The maximum absolute atomic E-state index is 13.8. The van der Waals surface area contributed by atoms with Gasteiger partial charge in [-0.25, -0.2) is 9.78 Å². The van der Waals surface area contributed by atoms with Crippen molar-refractivity contribution < 1.29 is 14.3 Å². The Morgan fingerprint density at radius 2 is 1.76 bits per heavy atom. The van der Waals surface area contributed by atoms with Crippen LogP contribution in [0.1, 0.15) is 48.7 Å². The molecule has 42 heavy (non-hydrogen) atoms. The minimum absolute atomic E-state index is 0.0374. The van der Waals surface area contributed by atoms with Crippen LogP contribution in [-0.2, 0) is 11.3 Å². The molecular weight excluding hydrogens is 556 g/mol. The lowest BCUT2D eigenvalue weighted by Crippen LogP contribution is -2.55. The van der Waals surface area contributed by atoms with Gasteiger partial charge in [0.05, 0.1) is 52.3 Å². The molecule has 3 aromatic heterocycles. The van der Waals surface area contributed by atoms with Crippen LogP contribution in [0.25, 0.3) is 16.7 Å². The van der Waals surface area contributed by atoms with E-state index in [1.165, 1.54) is 0 Å². The van der Waals surface area contributed by atoms with Gasteiger partial charge in [-0.15, -0.1) is 0 Å². The van der Waals surface area contributed by atoms with Crippen LogP contribution in [0.3, 0.4) is 0 Å². The Balaban J connectivity index is 1.13. The van der Waals surface area contributed by atoms with Gasteiger partial charge in [-0.05, 0) is 62.8 Å². The SMILES string of the molecule is CC(=O)N1CC(Oc2ccc(-n3c(=O)n(CC4CCC(NC(=O)c5cc(Cl)cnc5C)CC4)c4ccccc43)cn2)C1. The molecule has 4 aromatic rings. The molecule has 1 N–H and O–H groups in total. The fraction of sp³-hybridized carbons (Fsp3) is 0.387. The predicted molar refractivity (Wildman–Crippen MR) is 159 cm³/mol. The second-order valence-electron chi connectivity index (χ2n) is 11.2. The van der Waals surface area contributed by atoms with Gasteiger partial charge < -0.3 is 15.0 Å². The van der Waals surface area contributed by atoms with Crippen molar-refractivity contribution in [3.05, 3.63) is 81.6 Å². The highest BCUT2D eigenvalue weighted by atomic mass is 35.5. The molecule has 2 aliphatic rings. The standard InChI is InChI=1S/C31H33ClN6O4/c1-19-26(13-22(32)14-33-19)30(40)35-23-9-7-21(8-10-23)16-37-27-5-3-4-6-28(27)38(31(37)41)24-11-12-29(34-15-24)42-25-17-36(18-25)20(2)39/h3-6,11-15,21,23,25H,7-10,16-18H2,1-2H3,(H,35,40). The molecule has 0 atom stereocenters. The Labute approximate surface area is 248 Å². The molecule has 1 aliphatic heterocycles. The summed E-state index contributed by atoms with van der Waals surface area (Å²) < 4.78 is 9.43.